The maximum atomic E-state index is 12.8. The number of anilines is 1. The van der Waals surface area contributed by atoms with Crippen LogP contribution in [0.5, 0.6) is 5.75 Å². The highest BCUT2D eigenvalue weighted by Gasteiger charge is 2.17. The average Bonchev–Trinajstić information content (AvgIpc) is 3.49. The highest BCUT2D eigenvalue weighted by molar-refractivity contribution is 6.01. The van der Waals surface area contributed by atoms with E-state index in [0.717, 1.165) is 27.9 Å². The molecule has 0 saturated heterocycles. The fourth-order valence-corrected chi connectivity index (χ4v) is 3.62. The Morgan fingerprint density at radius 2 is 1.78 bits per heavy atom. The van der Waals surface area contributed by atoms with Crippen molar-refractivity contribution in [1.29, 1.82) is 0 Å². The molecule has 0 radical (unpaired) electrons. The molecule has 0 bridgehead atoms. The fourth-order valence-electron chi connectivity index (χ4n) is 3.62. The second kappa shape index (κ2) is 10.5. The summed E-state index contributed by atoms with van der Waals surface area (Å²) in [6.07, 6.45) is 4.43. The molecule has 0 unspecified atom stereocenters. The molecule has 0 aliphatic heterocycles. The van der Waals surface area contributed by atoms with Crippen LogP contribution in [0.1, 0.15) is 32.8 Å². The zero-order valence-corrected chi connectivity index (χ0v) is 20.7. The van der Waals surface area contributed by atoms with Gasteiger partial charge in [-0.05, 0) is 50.6 Å². The molecule has 0 atom stereocenters. The minimum atomic E-state index is -0.608. The number of alkyl carbamates (subject to hydrolysis) is 1. The topological polar surface area (TPSA) is 125 Å². The van der Waals surface area contributed by atoms with Crippen LogP contribution < -0.4 is 15.4 Å². The zero-order valence-electron chi connectivity index (χ0n) is 20.7. The Balaban J connectivity index is 1.56. The number of hydrogen-bond acceptors (Lipinski definition) is 7. The summed E-state index contributed by atoms with van der Waals surface area (Å²) >= 11 is 0. The van der Waals surface area contributed by atoms with Crippen LogP contribution in [0.2, 0.25) is 0 Å². The lowest BCUT2D eigenvalue weighted by atomic mass is 10.1. The maximum absolute atomic E-state index is 12.8. The van der Waals surface area contributed by atoms with Crippen LogP contribution in [0.3, 0.4) is 0 Å². The molecule has 188 valence electrons. The van der Waals surface area contributed by atoms with Gasteiger partial charge in [0.2, 0.25) is 5.91 Å². The molecule has 4 aromatic rings. The van der Waals surface area contributed by atoms with E-state index in [1.54, 1.807) is 51.3 Å². The Morgan fingerprint density at radius 1 is 1.06 bits per heavy atom. The third-order valence-electron chi connectivity index (χ3n) is 5.22. The van der Waals surface area contributed by atoms with Crippen molar-refractivity contribution in [3.05, 3.63) is 60.8 Å². The van der Waals surface area contributed by atoms with E-state index >= 15 is 0 Å². The van der Waals surface area contributed by atoms with E-state index in [4.69, 9.17) is 9.47 Å². The number of methoxy groups -OCH3 is 1. The van der Waals surface area contributed by atoms with Gasteiger partial charge in [-0.25, -0.2) is 4.79 Å². The summed E-state index contributed by atoms with van der Waals surface area (Å²) in [6.45, 7) is 5.98. The number of rotatable bonds is 8. The largest absolute Gasteiger partial charge is 0.497 e. The van der Waals surface area contributed by atoms with E-state index in [1.807, 2.05) is 41.1 Å². The van der Waals surface area contributed by atoms with Gasteiger partial charge in [0.1, 0.15) is 24.0 Å². The summed E-state index contributed by atoms with van der Waals surface area (Å²) in [5, 5.41) is 18.7. The summed E-state index contributed by atoms with van der Waals surface area (Å²) in [5.74, 6) is 0.515. The Morgan fingerprint density at radius 3 is 2.44 bits per heavy atom. The van der Waals surface area contributed by atoms with Crippen LogP contribution in [-0.4, -0.2) is 55.8 Å². The van der Waals surface area contributed by atoms with Crippen molar-refractivity contribution in [1.82, 2.24) is 29.9 Å². The highest BCUT2D eigenvalue weighted by atomic mass is 16.6. The van der Waals surface area contributed by atoms with Crippen molar-refractivity contribution >= 4 is 28.6 Å². The van der Waals surface area contributed by atoms with Crippen molar-refractivity contribution in [3.8, 4) is 11.4 Å². The highest BCUT2D eigenvalue weighted by Crippen LogP contribution is 2.28. The number of nitrogens with zero attached hydrogens (tertiary/aromatic N) is 5. The molecule has 0 fully saturated rings. The van der Waals surface area contributed by atoms with Crippen molar-refractivity contribution in [2.24, 2.45) is 0 Å². The number of fused-ring (bicyclic) bond motifs is 1. The summed E-state index contributed by atoms with van der Waals surface area (Å²) < 4.78 is 14.0. The van der Waals surface area contributed by atoms with Crippen LogP contribution in [0.15, 0.2) is 55.2 Å². The molecule has 4 rings (SSSR count). The minimum Gasteiger partial charge on any atom is -0.497 e. The molecule has 2 amide bonds. The number of hydrogen-bond donors (Lipinski definition) is 2. The van der Waals surface area contributed by atoms with Gasteiger partial charge in [0, 0.05) is 18.4 Å². The number of ether oxygens (including phenoxy) is 2. The summed E-state index contributed by atoms with van der Waals surface area (Å²) in [4.78, 5) is 24.7. The van der Waals surface area contributed by atoms with E-state index in [1.165, 1.54) is 0 Å². The normalized spacial score (nSPS) is 11.3. The summed E-state index contributed by atoms with van der Waals surface area (Å²) in [7, 11) is 1.63. The summed E-state index contributed by atoms with van der Waals surface area (Å²) in [6, 6.07) is 11.5. The summed E-state index contributed by atoms with van der Waals surface area (Å²) in [5.41, 5.74) is 2.56. The van der Waals surface area contributed by atoms with E-state index in [9.17, 15) is 9.59 Å². The smallest absolute Gasteiger partial charge is 0.407 e. The van der Waals surface area contributed by atoms with Gasteiger partial charge in [0.25, 0.3) is 0 Å². The van der Waals surface area contributed by atoms with Gasteiger partial charge in [0.15, 0.2) is 0 Å². The Hall–Kier alpha value is -4.41. The van der Waals surface area contributed by atoms with Gasteiger partial charge in [-0.15, -0.1) is 10.2 Å². The molecular weight excluding hydrogens is 462 g/mol. The quantitative estimate of drug-likeness (QED) is 0.386. The van der Waals surface area contributed by atoms with E-state index in [-0.39, 0.29) is 18.9 Å². The van der Waals surface area contributed by atoms with Crippen LogP contribution in [-0.2, 0) is 16.1 Å². The van der Waals surface area contributed by atoms with Crippen molar-refractivity contribution in [3.63, 3.8) is 0 Å². The van der Waals surface area contributed by atoms with Gasteiger partial charge < -0.3 is 20.1 Å². The van der Waals surface area contributed by atoms with E-state index in [0.29, 0.717) is 12.2 Å². The van der Waals surface area contributed by atoms with Gasteiger partial charge in [-0.1, -0.05) is 12.1 Å². The Kier molecular flexibility index (Phi) is 7.18. The van der Waals surface area contributed by atoms with Crippen LogP contribution in [0, 0.1) is 0 Å². The second-order valence-electron chi connectivity index (χ2n) is 9.18. The molecule has 0 aliphatic rings. The number of carbonyl (C=O) groups excluding carboxylic acids is 2. The number of amides is 2. The zero-order chi connectivity index (χ0) is 25.7. The molecule has 0 spiro atoms. The molecule has 0 aliphatic carbocycles. The Labute approximate surface area is 208 Å². The van der Waals surface area contributed by atoms with Crippen LogP contribution >= 0.6 is 0 Å². The number of aromatic nitrogens is 5. The average molecular weight is 492 g/mol. The van der Waals surface area contributed by atoms with Crippen molar-refractivity contribution < 1.29 is 19.1 Å². The van der Waals surface area contributed by atoms with Crippen molar-refractivity contribution in [2.45, 2.75) is 39.3 Å². The first kappa shape index (κ1) is 24.7. The molecular formula is C25H29N7O4. The standard InChI is InChI=1S/C25H29N7O4/c1-25(2,3)36-24(34)26-10-9-22(33)30-21-12-19(31-15-27-28-16-31)11-18-13-29-32(23(18)21)14-17-5-7-20(35-4)8-6-17/h5-8,11-13,15-16H,9-10,14H2,1-4H3,(H,26,34)(H,30,33). The Bertz CT molecular complexity index is 1340. The lowest BCUT2D eigenvalue weighted by molar-refractivity contribution is -0.116. The van der Waals surface area contributed by atoms with Gasteiger partial charge in [-0.2, -0.15) is 5.10 Å². The molecule has 36 heavy (non-hydrogen) atoms. The monoisotopic (exact) mass is 491 g/mol. The van der Waals surface area contributed by atoms with Gasteiger partial charge >= 0.3 is 6.09 Å². The van der Waals surface area contributed by atoms with Crippen molar-refractivity contribution in [2.75, 3.05) is 19.0 Å². The minimum absolute atomic E-state index is 0.0736. The number of benzene rings is 2. The third-order valence-corrected chi connectivity index (χ3v) is 5.22. The van der Waals surface area contributed by atoms with E-state index < -0.39 is 11.7 Å². The molecule has 2 N–H and O–H groups in total. The van der Waals surface area contributed by atoms with E-state index in [2.05, 4.69) is 25.9 Å². The molecule has 2 aromatic carbocycles. The molecule has 11 nitrogen and oxygen atoms in total. The lowest BCUT2D eigenvalue weighted by Crippen LogP contribution is -2.34. The number of nitrogens with one attached hydrogen (secondary N) is 2. The SMILES string of the molecule is COc1ccc(Cn2ncc3cc(-n4cnnc4)cc(NC(=O)CCNC(=O)OC(C)(C)C)c32)cc1. The fraction of sp³-hybridized carbons (Fsp3) is 0.320. The predicted octanol–water partition coefficient (Wildman–Crippen LogP) is 3.53. The van der Waals surface area contributed by atoms with Gasteiger partial charge in [0.05, 0.1) is 36.7 Å². The first-order valence-electron chi connectivity index (χ1n) is 11.5. The molecule has 0 saturated carbocycles. The first-order chi connectivity index (χ1) is 17.2. The molecule has 2 aromatic heterocycles. The predicted molar refractivity (Wildman–Crippen MR) is 134 cm³/mol. The molecule has 11 heteroatoms. The number of carbonyl (C=O) groups is 2. The molecule has 2 heterocycles. The second-order valence-corrected chi connectivity index (χ2v) is 9.18. The first-order valence-corrected chi connectivity index (χ1v) is 11.5. The maximum Gasteiger partial charge on any atom is 0.407 e. The van der Waals surface area contributed by atoms with Crippen LogP contribution in [0.4, 0.5) is 10.5 Å². The van der Waals surface area contributed by atoms with Gasteiger partial charge in [-0.3, -0.25) is 14.0 Å². The van der Waals surface area contributed by atoms with Crippen LogP contribution in [0.25, 0.3) is 16.6 Å². The lowest BCUT2D eigenvalue weighted by Gasteiger charge is -2.19. The third kappa shape index (κ3) is 6.17.